The van der Waals surface area contributed by atoms with E-state index in [9.17, 15) is 0 Å². The van der Waals surface area contributed by atoms with Gasteiger partial charge >= 0.3 is 0 Å². The SMILES string of the molecule is c1ccc(-c2nc(-c3cc(-c4ccc(-c5ccc6c7ccccc7c7ccccc7c6c5)cc4)c4c(c3)sc3ccccc34)c3ccccc3n2)cc1. The Morgan fingerprint density at radius 1 is 0.321 bits per heavy atom. The fourth-order valence-electron chi connectivity index (χ4n) is 8.16. The molecule has 0 unspecified atom stereocenters. The Balaban J connectivity index is 1.09. The summed E-state index contributed by atoms with van der Waals surface area (Å²) in [6, 6.07) is 65.7. The first-order chi connectivity index (χ1) is 26.3. The van der Waals surface area contributed by atoms with Crippen molar-refractivity contribution in [3.63, 3.8) is 0 Å². The summed E-state index contributed by atoms with van der Waals surface area (Å²) in [7, 11) is 0. The molecule has 0 aliphatic carbocycles. The van der Waals surface area contributed by atoms with Crippen LogP contribution in [0.4, 0.5) is 0 Å². The number of rotatable bonds is 4. The second-order valence-electron chi connectivity index (χ2n) is 13.7. The highest BCUT2D eigenvalue weighted by atomic mass is 32.1. The second kappa shape index (κ2) is 11.9. The first kappa shape index (κ1) is 30.0. The van der Waals surface area contributed by atoms with Crippen LogP contribution in [0.5, 0.6) is 0 Å². The van der Waals surface area contributed by atoms with E-state index < -0.39 is 0 Å². The minimum Gasteiger partial charge on any atom is -0.228 e. The zero-order chi connectivity index (χ0) is 34.9. The lowest BCUT2D eigenvalue weighted by molar-refractivity contribution is 1.23. The molecule has 0 fully saturated rings. The van der Waals surface area contributed by atoms with Crippen LogP contribution in [0.1, 0.15) is 0 Å². The number of fused-ring (bicyclic) bond motifs is 10. The van der Waals surface area contributed by atoms with E-state index in [4.69, 9.17) is 9.97 Å². The van der Waals surface area contributed by atoms with Gasteiger partial charge in [-0.3, -0.25) is 0 Å². The molecule has 0 spiro atoms. The third-order valence-corrected chi connectivity index (χ3v) is 11.8. The van der Waals surface area contributed by atoms with Crippen LogP contribution in [-0.4, -0.2) is 9.97 Å². The zero-order valence-electron chi connectivity index (χ0n) is 28.6. The van der Waals surface area contributed by atoms with Crippen LogP contribution in [0.15, 0.2) is 182 Å². The summed E-state index contributed by atoms with van der Waals surface area (Å²) in [5, 5.41) is 11.4. The standard InChI is InChI=1S/C50H30N2S/c1-2-12-33(13-3-1)50-51-45-20-10-8-18-41(45)49(52-50)35-29-43(48-42-19-9-11-21-46(42)53-47(48)30-35)32-24-22-31(23-25-32)34-26-27-40-38-16-5-4-14-36(38)37-15-6-7-17-39(37)44(40)28-34/h1-30H. The van der Waals surface area contributed by atoms with Crippen molar-refractivity contribution in [1.82, 2.24) is 9.97 Å². The van der Waals surface area contributed by atoms with Crippen LogP contribution in [-0.2, 0) is 0 Å². The molecule has 0 aliphatic heterocycles. The summed E-state index contributed by atoms with van der Waals surface area (Å²) in [6.07, 6.45) is 0. The summed E-state index contributed by atoms with van der Waals surface area (Å²) < 4.78 is 2.53. The molecule has 2 nitrogen and oxygen atoms in total. The molecule has 0 bridgehead atoms. The van der Waals surface area contributed by atoms with Crippen molar-refractivity contribution in [2.75, 3.05) is 0 Å². The molecule has 3 heteroatoms. The molecule has 0 saturated carbocycles. The smallest absolute Gasteiger partial charge is 0.160 e. The molecule has 0 saturated heterocycles. The first-order valence-electron chi connectivity index (χ1n) is 18.0. The Labute approximate surface area is 310 Å². The average Bonchev–Trinajstić information content (AvgIpc) is 3.62. The van der Waals surface area contributed by atoms with Crippen LogP contribution < -0.4 is 0 Å². The number of thiophene rings is 1. The number of hydrogen-bond donors (Lipinski definition) is 0. The number of aromatic nitrogens is 2. The maximum atomic E-state index is 5.25. The molecule has 9 aromatic carbocycles. The van der Waals surface area contributed by atoms with Gasteiger partial charge in [-0.2, -0.15) is 0 Å². The minimum absolute atomic E-state index is 0.734. The second-order valence-corrected chi connectivity index (χ2v) is 14.8. The van der Waals surface area contributed by atoms with Crippen molar-refractivity contribution in [1.29, 1.82) is 0 Å². The average molecular weight is 691 g/mol. The topological polar surface area (TPSA) is 25.8 Å². The Kier molecular flexibility index (Phi) is 6.76. The van der Waals surface area contributed by atoms with Gasteiger partial charge in [-0.05, 0) is 84.9 Å². The number of nitrogens with zero attached hydrogens (tertiary/aromatic N) is 2. The normalized spacial score (nSPS) is 11.8. The van der Waals surface area contributed by atoms with Gasteiger partial charge in [0.15, 0.2) is 5.82 Å². The molecule has 11 rings (SSSR count). The lowest BCUT2D eigenvalue weighted by atomic mass is 9.91. The van der Waals surface area contributed by atoms with E-state index in [0.717, 1.165) is 33.5 Å². The Hall–Kier alpha value is -6.68. The molecular formula is C50H30N2S. The van der Waals surface area contributed by atoms with Crippen LogP contribution >= 0.6 is 11.3 Å². The molecule has 0 atom stereocenters. The fourth-order valence-corrected chi connectivity index (χ4v) is 9.33. The third kappa shape index (κ3) is 4.86. The van der Waals surface area contributed by atoms with Gasteiger partial charge in [0.2, 0.25) is 0 Å². The van der Waals surface area contributed by atoms with Crippen molar-refractivity contribution in [2.45, 2.75) is 0 Å². The van der Waals surface area contributed by atoms with Crippen molar-refractivity contribution in [3.8, 4) is 44.9 Å². The van der Waals surface area contributed by atoms with Gasteiger partial charge in [0, 0.05) is 36.7 Å². The third-order valence-electron chi connectivity index (χ3n) is 10.7. The number of hydrogen-bond acceptors (Lipinski definition) is 3. The molecule has 246 valence electrons. The van der Waals surface area contributed by atoms with Crippen molar-refractivity contribution < 1.29 is 0 Å². The quantitative estimate of drug-likeness (QED) is 0.172. The van der Waals surface area contributed by atoms with Crippen LogP contribution in [0.3, 0.4) is 0 Å². The molecule has 11 aromatic rings. The van der Waals surface area contributed by atoms with E-state index in [2.05, 4.69) is 164 Å². The van der Waals surface area contributed by atoms with E-state index >= 15 is 0 Å². The monoisotopic (exact) mass is 690 g/mol. The largest absolute Gasteiger partial charge is 0.228 e. The molecule has 0 radical (unpaired) electrons. The Morgan fingerprint density at radius 3 is 1.62 bits per heavy atom. The van der Waals surface area contributed by atoms with Gasteiger partial charge in [0.05, 0.1) is 11.2 Å². The number of para-hydroxylation sites is 1. The van der Waals surface area contributed by atoms with E-state index in [1.807, 2.05) is 29.5 Å². The highest BCUT2D eigenvalue weighted by molar-refractivity contribution is 7.26. The van der Waals surface area contributed by atoms with Crippen molar-refractivity contribution in [2.24, 2.45) is 0 Å². The van der Waals surface area contributed by atoms with Gasteiger partial charge in [-0.15, -0.1) is 11.3 Å². The molecule has 0 N–H and O–H groups in total. The molecule has 2 aromatic heterocycles. The van der Waals surface area contributed by atoms with E-state index in [1.165, 1.54) is 74.7 Å². The van der Waals surface area contributed by atoms with Gasteiger partial charge in [0.25, 0.3) is 0 Å². The molecule has 0 aliphatic rings. The predicted molar refractivity (Wildman–Crippen MR) is 227 cm³/mol. The molecular weight excluding hydrogens is 661 g/mol. The maximum Gasteiger partial charge on any atom is 0.160 e. The van der Waals surface area contributed by atoms with Crippen LogP contribution in [0.25, 0.3) is 108 Å². The molecule has 0 amide bonds. The van der Waals surface area contributed by atoms with Crippen molar-refractivity contribution >= 4 is 74.7 Å². The maximum absolute atomic E-state index is 5.25. The van der Waals surface area contributed by atoms with Gasteiger partial charge < -0.3 is 0 Å². The first-order valence-corrected chi connectivity index (χ1v) is 18.8. The number of benzene rings is 9. The van der Waals surface area contributed by atoms with Gasteiger partial charge in [-0.1, -0.05) is 152 Å². The summed E-state index contributed by atoms with van der Waals surface area (Å²) in [4.78, 5) is 10.2. The van der Waals surface area contributed by atoms with E-state index in [1.54, 1.807) is 0 Å². The summed E-state index contributed by atoms with van der Waals surface area (Å²) in [6.45, 7) is 0. The van der Waals surface area contributed by atoms with Gasteiger partial charge in [0.1, 0.15) is 0 Å². The summed E-state index contributed by atoms with van der Waals surface area (Å²) in [5.74, 6) is 0.734. The van der Waals surface area contributed by atoms with E-state index in [-0.39, 0.29) is 0 Å². The molecule has 53 heavy (non-hydrogen) atoms. The van der Waals surface area contributed by atoms with Gasteiger partial charge in [-0.25, -0.2) is 9.97 Å². The lowest BCUT2D eigenvalue weighted by Gasteiger charge is -2.14. The Bertz CT molecular complexity index is 3180. The predicted octanol–water partition coefficient (Wildman–Crippen LogP) is 14.1. The van der Waals surface area contributed by atoms with Crippen molar-refractivity contribution in [3.05, 3.63) is 182 Å². The summed E-state index contributed by atoms with van der Waals surface area (Å²) in [5.41, 5.74) is 8.79. The van der Waals surface area contributed by atoms with Crippen LogP contribution in [0, 0.1) is 0 Å². The zero-order valence-corrected chi connectivity index (χ0v) is 29.4. The fraction of sp³-hybridized carbons (Fsp3) is 0. The van der Waals surface area contributed by atoms with E-state index in [0.29, 0.717) is 0 Å². The van der Waals surface area contributed by atoms with Crippen LogP contribution in [0.2, 0.25) is 0 Å². The summed E-state index contributed by atoms with van der Waals surface area (Å²) >= 11 is 1.84. The molecule has 2 heterocycles. The Morgan fingerprint density at radius 2 is 0.887 bits per heavy atom. The highest BCUT2D eigenvalue weighted by Crippen LogP contribution is 2.44. The highest BCUT2D eigenvalue weighted by Gasteiger charge is 2.18. The minimum atomic E-state index is 0.734. The lowest BCUT2D eigenvalue weighted by Crippen LogP contribution is -1.95.